The number of hydrogen-bond acceptors (Lipinski definition) is 1. The van der Waals surface area contributed by atoms with Gasteiger partial charge < -0.3 is 0 Å². The van der Waals surface area contributed by atoms with Gasteiger partial charge in [0, 0.05) is 17.0 Å². The Morgan fingerprint density at radius 3 is 1.52 bits per heavy atom. The molecule has 0 aliphatic heterocycles. The molecule has 0 aliphatic carbocycles. The van der Waals surface area contributed by atoms with Gasteiger partial charge >= 0.3 is 0 Å². The Kier molecular flexibility index (Phi) is 5.86. The van der Waals surface area contributed by atoms with Gasteiger partial charge in [-0.05, 0) is 72.8 Å². The number of pyridine rings is 1. The molecule has 8 rings (SSSR count). The Labute approximate surface area is 245 Å². The molecule has 0 unspecified atom stereocenters. The van der Waals surface area contributed by atoms with E-state index in [1.54, 1.807) is 0 Å². The van der Waals surface area contributed by atoms with Gasteiger partial charge in [-0.15, -0.1) is 0 Å². The third-order valence-corrected chi connectivity index (χ3v) is 8.30. The third-order valence-electron chi connectivity index (χ3n) is 8.30. The standard InChI is InChI=1S/C41H27N/c1-4-11-28(12-5-1)29-18-20-30(21-19-29)34-23-24-35-37(27-34)38(31-13-6-2-7-14-31)36-25-22-33-17-10-26-42-41(33)40(36)39(35)32-15-8-3-9-16-32/h1-27H. The van der Waals surface area contributed by atoms with Crippen LogP contribution in [-0.4, -0.2) is 4.98 Å². The van der Waals surface area contributed by atoms with E-state index in [2.05, 4.69) is 152 Å². The fourth-order valence-electron chi connectivity index (χ4n) is 6.34. The van der Waals surface area contributed by atoms with Crippen LogP contribution in [0.4, 0.5) is 0 Å². The van der Waals surface area contributed by atoms with Gasteiger partial charge in [-0.25, -0.2) is 0 Å². The molecule has 1 heterocycles. The second-order valence-corrected chi connectivity index (χ2v) is 10.7. The van der Waals surface area contributed by atoms with Crippen LogP contribution in [0.5, 0.6) is 0 Å². The number of fused-ring (bicyclic) bond motifs is 4. The Balaban J connectivity index is 1.46. The summed E-state index contributed by atoms with van der Waals surface area (Å²) in [6.45, 7) is 0. The fourth-order valence-corrected chi connectivity index (χ4v) is 6.34. The van der Waals surface area contributed by atoms with Gasteiger partial charge in [0.25, 0.3) is 0 Å². The zero-order valence-corrected chi connectivity index (χ0v) is 23.0. The molecule has 7 aromatic carbocycles. The molecule has 0 aliphatic rings. The van der Waals surface area contributed by atoms with Crippen molar-refractivity contribution in [2.75, 3.05) is 0 Å². The second kappa shape index (κ2) is 10.1. The molecule has 42 heavy (non-hydrogen) atoms. The molecule has 0 radical (unpaired) electrons. The molecule has 1 aromatic heterocycles. The third kappa shape index (κ3) is 4.06. The molecule has 0 saturated heterocycles. The molecule has 1 nitrogen and oxygen atoms in total. The van der Waals surface area contributed by atoms with Gasteiger partial charge in [-0.3, -0.25) is 4.98 Å². The predicted molar refractivity (Wildman–Crippen MR) is 178 cm³/mol. The van der Waals surface area contributed by atoms with Crippen LogP contribution in [0.3, 0.4) is 0 Å². The normalized spacial score (nSPS) is 11.3. The highest BCUT2D eigenvalue weighted by Crippen LogP contribution is 2.46. The van der Waals surface area contributed by atoms with Crippen LogP contribution < -0.4 is 0 Å². The SMILES string of the molecule is c1ccc(-c2ccc(-c3ccc4c(-c5ccccc5)c5c(ccc6cccnc65)c(-c5ccccc5)c4c3)cc2)cc1. The average Bonchev–Trinajstić information content (AvgIpc) is 3.08. The summed E-state index contributed by atoms with van der Waals surface area (Å²) in [5.41, 5.74) is 10.8. The quantitative estimate of drug-likeness (QED) is 0.162. The molecular formula is C41H27N. The highest BCUT2D eigenvalue weighted by molar-refractivity contribution is 6.27. The summed E-state index contributed by atoms with van der Waals surface area (Å²) < 4.78 is 0. The minimum atomic E-state index is 1.04. The zero-order chi connectivity index (χ0) is 27.9. The van der Waals surface area contributed by atoms with Crippen LogP contribution in [0, 0.1) is 0 Å². The highest BCUT2D eigenvalue weighted by atomic mass is 14.6. The summed E-state index contributed by atoms with van der Waals surface area (Å²) in [4.78, 5) is 4.94. The Morgan fingerprint density at radius 1 is 0.333 bits per heavy atom. The smallest absolute Gasteiger partial charge is 0.0786 e. The van der Waals surface area contributed by atoms with Crippen molar-refractivity contribution in [2.24, 2.45) is 0 Å². The van der Waals surface area contributed by atoms with Crippen molar-refractivity contribution < 1.29 is 0 Å². The van der Waals surface area contributed by atoms with E-state index < -0.39 is 0 Å². The second-order valence-electron chi connectivity index (χ2n) is 10.7. The van der Waals surface area contributed by atoms with Gasteiger partial charge in [0.1, 0.15) is 0 Å². The molecule has 0 bridgehead atoms. The first-order chi connectivity index (χ1) is 20.8. The number of nitrogens with zero attached hydrogens (tertiary/aromatic N) is 1. The molecule has 0 amide bonds. The summed E-state index contributed by atoms with van der Waals surface area (Å²) in [7, 11) is 0. The van der Waals surface area contributed by atoms with E-state index in [9.17, 15) is 0 Å². The van der Waals surface area contributed by atoms with E-state index in [0.717, 1.165) is 10.9 Å². The lowest BCUT2D eigenvalue weighted by Gasteiger charge is -2.20. The number of benzene rings is 7. The molecule has 1 heteroatoms. The van der Waals surface area contributed by atoms with E-state index in [4.69, 9.17) is 4.98 Å². The summed E-state index contributed by atoms with van der Waals surface area (Å²) in [6, 6.07) is 56.7. The van der Waals surface area contributed by atoms with Gasteiger partial charge in [-0.2, -0.15) is 0 Å². The van der Waals surface area contributed by atoms with E-state index in [1.807, 2.05) is 12.3 Å². The van der Waals surface area contributed by atoms with Crippen LogP contribution in [0.25, 0.3) is 77.0 Å². The minimum absolute atomic E-state index is 1.04. The van der Waals surface area contributed by atoms with E-state index in [1.165, 1.54) is 66.1 Å². The van der Waals surface area contributed by atoms with E-state index >= 15 is 0 Å². The maximum Gasteiger partial charge on any atom is 0.0786 e. The predicted octanol–water partition coefficient (Wildman–Crippen LogP) is 11.2. The van der Waals surface area contributed by atoms with Crippen molar-refractivity contribution in [3.8, 4) is 44.5 Å². The van der Waals surface area contributed by atoms with Gasteiger partial charge in [-0.1, -0.05) is 146 Å². The van der Waals surface area contributed by atoms with Crippen molar-refractivity contribution in [2.45, 2.75) is 0 Å². The van der Waals surface area contributed by atoms with Crippen LogP contribution in [-0.2, 0) is 0 Å². The lowest BCUT2D eigenvalue weighted by molar-refractivity contribution is 1.43. The van der Waals surface area contributed by atoms with Crippen molar-refractivity contribution in [1.29, 1.82) is 0 Å². The largest absolute Gasteiger partial charge is 0.256 e. The maximum atomic E-state index is 4.94. The average molecular weight is 534 g/mol. The molecule has 0 N–H and O–H groups in total. The van der Waals surface area contributed by atoms with Crippen molar-refractivity contribution in [1.82, 2.24) is 4.98 Å². The highest BCUT2D eigenvalue weighted by Gasteiger charge is 2.19. The van der Waals surface area contributed by atoms with Gasteiger partial charge in [0.15, 0.2) is 0 Å². The fraction of sp³-hybridized carbons (Fsp3) is 0. The molecule has 0 atom stereocenters. The van der Waals surface area contributed by atoms with Crippen molar-refractivity contribution in [3.05, 3.63) is 164 Å². The van der Waals surface area contributed by atoms with E-state index in [-0.39, 0.29) is 0 Å². The lowest BCUT2D eigenvalue weighted by atomic mass is 9.84. The summed E-state index contributed by atoms with van der Waals surface area (Å²) in [5, 5.41) is 6.04. The van der Waals surface area contributed by atoms with Gasteiger partial charge in [0.05, 0.1) is 5.52 Å². The molecule has 8 aromatic rings. The molecule has 0 spiro atoms. The Hall–Kier alpha value is -5.53. The topological polar surface area (TPSA) is 12.9 Å². The van der Waals surface area contributed by atoms with Crippen LogP contribution in [0.15, 0.2) is 164 Å². The van der Waals surface area contributed by atoms with Gasteiger partial charge in [0.2, 0.25) is 0 Å². The molecule has 196 valence electrons. The first kappa shape index (κ1) is 24.3. The zero-order valence-electron chi connectivity index (χ0n) is 23.0. The number of aromatic nitrogens is 1. The summed E-state index contributed by atoms with van der Waals surface area (Å²) >= 11 is 0. The van der Waals surface area contributed by atoms with Crippen molar-refractivity contribution >= 4 is 32.4 Å². The summed E-state index contributed by atoms with van der Waals surface area (Å²) in [6.07, 6.45) is 1.91. The number of rotatable bonds is 4. The first-order valence-electron chi connectivity index (χ1n) is 14.4. The van der Waals surface area contributed by atoms with E-state index in [0.29, 0.717) is 0 Å². The van der Waals surface area contributed by atoms with Crippen LogP contribution in [0.2, 0.25) is 0 Å². The van der Waals surface area contributed by atoms with Crippen molar-refractivity contribution in [3.63, 3.8) is 0 Å². The molecular weight excluding hydrogens is 506 g/mol. The minimum Gasteiger partial charge on any atom is -0.256 e. The maximum absolute atomic E-state index is 4.94. The Morgan fingerprint density at radius 2 is 0.857 bits per heavy atom. The molecule has 0 fully saturated rings. The monoisotopic (exact) mass is 533 g/mol. The first-order valence-corrected chi connectivity index (χ1v) is 14.4. The summed E-state index contributed by atoms with van der Waals surface area (Å²) in [5.74, 6) is 0. The lowest BCUT2D eigenvalue weighted by Crippen LogP contribution is -1.93. The number of hydrogen-bond donors (Lipinski definition) is 0. The Bertz CT molecular complexity index is 2200. The van der Waals surface area contributed by atoms with Crippen LogP contribution in [0.1, 0.15) is 0 Å². The van der Waals surface area contributed by atoms with Crippen LogP contribution >= 0.6 is 0 Å². The molecule has 0 saturated carbocycles.